The normalized spacial score (nSPS) is 19.3. The number of fused-ring (bicyclic) bond motifs is 1. The quantitative estimate of drug-likeness (QED) is 0.913. The molecule has 2 aromatic rings. The van der Waals surface area contributed by atoms with Crippen molar-refractivity contribution in [3.63, 3.8) is 0 Å². The summed E-state index contributed by atoms with van der Waals surface area (Å²) >= 11 is 0. The third kappa shape index (κ3) is 2.57. The third-order valence-electron chi connectivity index (χ3n) is 4.48. The third-order valence-corrected chi connectivity index (χ3v) is 4.48. The van der Waals surface area contributed by atoms with E-state index < -0.39 is 5.54 Å². The maximum Gasteiger partial charge on any atom is 0.249 e. The van der Waals surface area contributed by atoms with Gasteiger partial charge < -0.3 is 15.8 Å². The van der Waals surface area contributed by atoms with Crippen molar-refractivity contribution in [3.8, 4) is 5.75 Å². The van der Waals surface area contributed by atoms with Crippen LogP contribution in [0.15, 0.2) is 30.3 Å². The lowest BCUT2D eigenvalue weighted by Crippen LogP contribution is -2.46. The Kier molecular flexibility index (Phi) is 3.82. The number of amides is 1. The molecule has 1 atom stereocenters. The first-order valence-electron chi connectivity index (χ1n) is 7.66. The second kappa shape index (κ2) is 5.66. The molecular weight excluding hydrogens is 290 g/mol. The molecule has 1 aromatic carbocycles. The van der Waals surface area contributed by atoms with Crippen LogP contribution in [0, 0.1) is 13.8 Å². The number of anilines is 1. The van der Waals surface area contributed by atoms with Gasteiger partial charge >= 0.3 is 0 Å². The van der Waals surface area contributed by atoms with Gasteiger partial charge in [-0.05, 0) is 56.0 Å². The summed E-state index contributed by atoms with van der Waals surface area (Å²) in [4.78, 5) is 17.2. The molecule has 1 heterocycles. The number of nitrogens with zero attached hydrogens (tertiary/aromatic N) is 1. The van der Waals surface area contributed by atoms with Gasteiger partial charge in [-0.3, -0.25) is 9.78 Å². The zero-order valence-electron chi connectivity index (χ0n) is 13.6. The lowest BCUT2D eigenvalue weighted by molar-refractivity contribution is -0.121. The van der Waals surface area contributed by atoms with E-state index >= 15 is 0 Å². The van der Waals surface area contributed by atoms with Crippen LogP contribution >= 0.6 is 0 Å². The highest BCUT2D eigenvalue weighted by Gasteiger charge is 2.43. The van der Waals surface area contributed by atoms with Gasteiger partial charge in [0.1, 0.15) is 11.3 Å². The fourth-order valence-electron chi connectivity index (χ4n) is 3.18. The Balaban J connectivity index is 1.92. The van der Waals surface area contributed by atoms with Crippen LogP contribution in [0.4, 0.5) is 5.69 Å². The van der Waals surface area contributed by atoms with Gasteiger partial charge in [0.2, 0.25) is 5.91 Å². The maximum atomic E-state index is 12.8. The second-order valence-corrected chi connectivity index (χ2v) is 6.00. The highest BCUT2D eigenvalue weighted by Crippen LogP contribution is 2.40. The van der Waals surface area contributed by atoms with E-state index in [9.17, 15) is 4.79 Å². The van der Waals surface area contributed by atoms with E-state index in [1.165, 1.54) is 0 Å². The SMILES string of the molecule is COc1cccc2c1CCC2(N)C(=O)Nc1ccc(C)nc1C. The number of methoxy groups -OCH3 is 1. The van der Waals surface area contributed by atoms with E-state index in [0.717, 1.165) is 34.7 Å². The van der Waals surface area contributed by atoms with Gasteiger partial charge in [-0.2, -0.15) is 0 Å². The monoisotopic (exact) mass is 311 g/mol. The van der Waals surface area contributed by atoms with Crippen LogP contribution in [-0.4, -0.2) is 18.0 Å². The second-order valence-electron chi connectivity index (χ2n) is 6.00. The van der Waals surface area contributed by atoms with Gasteiger partial charge in [-0.25, -0.2) is 0 Å². The highest BCUT2D eigenvalue weighted by atomic mass is 16.5. The van der Waals surface area contributed by atoms with Crippen LogP contribution in [-0.2, 0) is 16.8 Å². The minimum atomic E-state index is -1.04. The average molecular weight is 311 g/mol. The van der Waals surface area contributed by atoms with Crippen LogP contribution in [0.3, 0.4) is 0 Å². The summed E-state index contributed by atoms with van der Waals surface area (Å²) in [5, 5.41) is 2.93. The number of carbonyl (C=O) groups is 1. The lowest BCUT2D eigenvalue weighted by atomic mass is 9.91. The van der Waals surface area contributed by atoms with Crippen molar-refractivity contribution < 1.29 is 9.53 Å². The summed E-state index contributed by atoms with van der Waals surface area (Å²) < 4.78 is 5.38. The Morgan fingerprint density at radius 1 is 1.30 bits per heavy atom. The standard InChI is InChI=1S/C18H21N3O2/c1-11-7-8-15(12(2)20-11)21-17(22)18(19)10-9-13-14(18)5-4-6-16(13)23-3/h4-8H,9-10,19H2,1-3H3,(H,21,22). The number of aromatic nitrogens is 1. The summed E-state index contributed by atoms with van der Waals surface area (Å²) in [5.74, 6) is 0.578. The van der Waals surface area contributed by atoms with E-state index in [4.69, 9.17) is 10.5 Å². The number of aryl methyl sites for hydroxylation is 2. The summed E-state index contributed by atoms with van der Waals surface area (Å²) in [6.45, 7) is 3.79. The molecule has 120 valence electrons. The van der Waals surface area contributed by atoms with Crippen LogP contribution < -0.4 is 15.8 Å². The fourth-order valence-corrected chi connectivity index (χ4v) is 3.18. The van der Waals surface area contributed by atoms with E-state index in [1.54, 1.807) is 7.11 Å². The molecule has 0 radical (unpaired) electrons. The number of carbonyl (C=O) groups excluding carboxylic acids is 1. The lowest BCUT2D eigenvalue weighted by Gasteiger charge is -2.25. The molecule has 1 aliphatic rings. The van der Waals surface area contributed by atoms with Crippen molar-refractivity contribution in [2.45, 2.75) is 32.2 Å². The summed E-state index contributed by atoms with van der Waals surface area (Å²) in [6, 6.07) is 9.41. The van der Waals surface area contributed by atoms with Gasteiger partial charge in [0.25, 0.3) is 0 Å². The molecule has 3 rings (SSSR count). The van der Waals surface area contributed by atoms with Crippen LogP contribution in [0.1, 0.15) is 28.9 Å². The zero-order valence-corrected chi connectivity index (χ0v) is 13.6. The Bertz CT molecular complexity index is 773. The van der Waals surface area contributed by atoms with Gasteiger partial charge in [-0.1, -0.05) is 12.1 Å². The highest BCUT2D eigenvalue weighted by molar-refractivity contribution is 6.00. The average Bonchev–Trinajstić information content (AvgIpc) is 2.89. The molecule has 0 saturated carbocycles. The Labute approximate surface area is 135 Å². The van der Waals surface area contributed by atoms with Crippen molar-refractivity contribution >= 4 is 11.6 Å². The molecule has 0 saturated heterocycles. The Hall–Kier alpha value is -2.40. The molecule has 1 unspecified atom stereocenters. The summed E-state index contributed by atoms with van der Waals surface area (Å²) in [6.07, 6.45) is 1.29. The van der Waals surface area contributed by atoms with Gasteiger partial charge in [0.05, 0.1) is 18.5 Å². The number of rotatable bonds is 3. The number of benzene rings is 1. The van der Waals surface area contributed by atoms with E-state index in [2.05, 4.69) is 10.3 Å². The number of pyridine rings is 1. The molecule has 0 spiro atoms. The number of hydrogen-bond acceptors (Lipinski definition) is 4. The molecule has 3 N–H and O–H groups in total. The van der Waals surface area contributed by atoms with E-state index in [-0.39, 0.29) is 5.91 Å². The molecule has 5 nitrogen and oxygen atoms in total. The predicted molar refractivity (Wildman–Crippen MR) is 89.5 cm³/mol. The molecule has 0 aliphatic heterocycles. The van der Waals surface area contributed by atoms with Gasteiger partial charge in [0, 0.05) is 5.69 Å². The zero-order chi connectivity index (χ0) is 16.6. The fraction of sp³-hybridized carbons (Fsp3) is 0.333. The first-order valence-corrected chi connectivity index (χ1v) is 7.66. The van der Waals surface area contributed by atoms with Crippen molar-refractivity contribution in [2.24, 2.45) is 5.73 Å². The molecule has 0 bridgehead atoms. The van der Waals surface area contributed by atoms with E-state index in [1.807, 2.05) is 44.2 Å². The molecule has 1 aliphatic carbocycles. The molecular formula is C18H21N3O2. The minimum Gasteiger partial charge on any atom is -0.496 e. The first-order chi connectivity index (χ1) is 11.0. The molecule has 5 heteroatoms. The first kappa shape index (κ1) is 15.5. The summed E-state index contributed by atoms with van der Waals surface area (Å²) in [5.41, 5.74) is 9.69. The van der Waals surface area contributed by atoms with E-state index in [0.29, 0.717) is 12.1 Å². The molecule has 0 fully saturated rings. The smallest absolute Gasteiger partial charge is 0.249 e. The number of nitrogens with two attached hydrogens (primary N) is 1. The van der Waals surface area contributed by atoms with Crippen molar-refractivity contribution in [3.05, 3.63) is 52.8 Å². The van der Waals surface area contributed by atoms with Crippen molar-refractivity contribution in [2.75, 3.05) is 12.4 Å². The number of hydrogen-bond donors (Lipinski definition) is 2. The Morgan fingerprint density at radius 2 is 2.09 bits per heavy atom. The topological polar surface area (TPSA) is 77.2 Å². The predicted octanol–water partition coefficient (Wildman–Crippen LogP) is 2.45. The number of nitrogens with one attached hydrogen (secondary N) is 1. The summed E-state index contributed by atoms with van der Waals surface area (Å²) in [7, 11) is 1.63. The minimum absolute atomic E-state index is 0.210. The van der Waals surface area contributed by atoms with Crippen LogP contribution in [0.25, 0.3) is 0 Å². The Morgan fingerprint density at radius 3 is 2.78 bits per heavy atom. The van der Waals surface area contributed by atoms with Crippen LogP contribution in [0.5, 0.6) is 5.75 Å². The molecule has 1 aromatic heterocycles. The van der Waals surface area contributed by atoms with Crippen LogP contribution in [0.2, 0.25) is 0 Å². The van der Waals surface area contributed by atoms with Crippen molar-refractivity contribution in [1.29, 1.82) is 0 Å². The number of ether oxygens (including phenoxy) is 1. The van der Waals surface area contributed by atoms with Crippen molar-refractivity contribution in [1.82, 2.24) is 4.98 Å². The van der Waals surface area contributed by atoms with Gasteiger partial charge in [0.15, 0.2) is 0 Å². The largest absolute Gasteiger partial charge is 0.496 e. The molecule has 1 amide bonds. The maximum absolute atomic E-state index is 12.8. The molecule has 23 heavy (non-hydrogen) atoms. The van der Waals surface area contributed by atoms with Gasteiger partial charge in [-0.15, -0.1) is 0 Å².